The van der Waals surface area contributed by atoms with Gasteiger partial charge in [0.25, 0.3) is 0 Å². The van der Waals surface area contributed by atoms with Crippen LogP contribution in [0.5, 0.6) is 5.75 Å². The van der Waals surface area contributed by atoms with Crippen molar-refractivity contribution in [2.75, 3.05) is 5.32 Å². The summed E-state index contributed by atoms with van der Waals surface area (Å²) in [7, 11) is 0. The number of rotatable bonds is 3. The van der Waals surface area contributed by atoms with E-state index in [1.165, 1.54) is 6.07 Å². The maximum Gasteiger partial charge on any atom is 0.339 e. The number of hydrogen-bond acceptors (Lipinski definition) is 4. The van der Waals surface area contributed by atoms with Crippen LogP contribution < -0.4 is 5.32 Å². The van der Waals surface area contributed by atoms with Crippen LogP contribution in [0.1, 0.15) is 16.8 Å². The summed E-state index contributed by atoms with van der Waals surface area (Å²) in [6, 6.07) is 5.28. The molecule has 16 heavy (non-hydrogen) atoms. The molecule has 0 unspecified atom stereocenters. The third-order valence-electron chi connectivity index (χ3n) is 1.75. The molecule has 0 aliphatic heterocycles. The smallest absolute Gasteiger partial charge is 0.339 e. The third kappa shape index (κ3) is 2.72. The second-order valence-corrected chi connectivity index (χ2v) is 2.92. The fraction of sp³-hybridized carbons (Fsp3) is 0.100. The molecule has 0 radical (unpaired) electrons. The van der Waals surface area contributed by atoms with E-state index < -0.39 is 11.9 Å². The summed E-state index contributed by atoms with van der Waals surface area (Å²) in [6.07, 6.45) is -0.316. The monoisotopic (exact) mass is 220 g/mol. The van der Waals surface area contributed by atoms with Crippen molar-refractivity contribution in [3.05, 3.63) is 23.8 Å². The minimum atomic E-state index is -1.30. The van der Waals surface area contributed by atoms with Crippen molar-refractivity contribution in [2.45, 2.75) is 6.42 Å². The number of carboxylic acid groups (broad SMARTS) is 1. The van der Waals surface area contributed by atoms with Gasteiger partial charge in [-0.15, -0.1) is 0 Å². The van der Waals surface area contributed by atoms with Crippen molar-refractivity contribution in [3.8, 4) is 11.8 Å². The number of anilines is 1. The van der Waals surface area contributed by atoms with Gasteiger partial charge in [-0.2, -0.15) is 5.26 Å². The molecule has 0 aromatic heterocycles. The molecule has 0 spiro atoms. The van der Waals surface area contributed by atoms with Gasteiger partial charge in [-0.25, -0.2) is 4.79 Å². The van der Waals surface area contributed by atoms with Crippen LogP contribution in [0.2, 0.25) is 0 Å². The van der Waals surface area contributed by atoms with E-state index in [-0.39, 0.29) is 23.4 Å². The van der Waals surface area contributed by atoms with Gasteiger partial charge in [0.05, 0.1) is 6.07 Å². The van der Waals surface area contributed by atoms with Crippen molar-refractivity contribution in [2.24, 2.45) is 0 Å². The summed E-state index contributed by atoms with van der Waals surface area (Å²) in [5, 5.41) is 28.5. The van der Waals surface area contributed by atoms with Gasteiger partial charge in [-0.05, 0) is 18.2 Å². The van der Waals surface area contributed by atoms with Gasteiger partial charge in [0.15, 0.2) is 0 Å². The van der Waals surface area contributed by atoms with Gasteiger partial charge in [-0.1, -0.05) is 0 Å². The number of nitrogens with zero attached hydrogens (tertiary/aromatic N) is 1. The molecule has 82 valence electrons. The molecule has 0 bridgehead atoms. The van der Waals surface area contributed by atoms with E-state index >= 15 is 0 Å². The zero-order valence-electron chi connectivity index (χ0n) is 8.10. The van der Waals surface area contributed by atoms with Gasteiger partial charge in [0.1, 0.15) is 17.7 Å². The van der Waals surface area contributed by atoms with Crippen molar-refractivity contribution >= 4 is 17.6 Å². The quantitative estimate of drug-likeness (QED) is 0.656. The lowest BCUT2D eigenvalue weighted by Gasteiger charge is -2.05. The Kier molecular flexibility index (Phi) is 3.45. The van der Waals surface area contributed by atoms with Crippen molar-refractivity contribution in [3.63, 3.8) is 0 Å². The normalized spacial score (nSPS) is 9.19. The summed E-state index contributed by atoms with van der Waals surface area (Å²) < 4.78 is 0. The Bertz CT molecular complexity index is 476. The average Bonchev–Trinajstić information content (AvgIpc) is 2.21. The van der Waals surface area contributed by atoms with Crippen LogP contribution in [0, 0.1) is 11.3 Å². The fourth-order valence-electron chi connectivity index (χ4n) is 1.06. The van der Waals surface area contributed by atoms with Gasteiger partial charge in [0.2, 0.25) is 5.91 Å². The maximum atomic E-state index is 11.0. The standard InChI is InChI=1S/C10H8N2O4/c11-4-3-9(14)12-6-1-2-8(13)7(5-6)10(15)16/h1-2,5,13H,3H2,(H,12,14)(H,15,16). The van der Waals surface area contributed by atoms with Gasteiger partial charge in [0, 0.05) is 5.69 Å². The van der Waals surface area contributed by atoms with Crippen molar-refractivity contribution in [1.29, 1.82) is 5.26 Å². The molecule has 6 nitrogen and oxygen atoms in total. The van der Waals surface area contributed by atoms with Crippen LogP contribution in [0.25, 0.3) is 0 Å². The summed E-state index contributed by atoms with van der Waals surface area (Å²) in [4.78, 5) is 21.7. The zero-order chi connectivity index (χ0) is 12.1. The minimum Gasteiger partial charge on any atom is -0.507 e. The van der Waals surface area contributed by atoms with E-state index in [0.29, 0.717) is 0 Å². The molecule has 0 aliphatic rings. The molecule has 0 atom stereocenters. The molecule has 1 rings (SSSR count). The predicted molar refractivity (Wildman–Crippen MR) is 53.9 cm³/mol. The number of hydrogen-bond donors (Lipinski definition) is 3. The number of aromatic hydroxyl groups is 1. The topological polar surface area (TPSA) is 110 Å². The van der Waals surface area contributed by atoms with Crippen LogP contribution >= 0.6 is 0 Å². The van der Waals surface area contributed by atoms with Crippen LogP contribution in [-0.4, -0.2) is 22.1 Å². The van der Waals surface area contributed by atoms with E-state index in [1.807, 2.05) is 0 Å². The Morgan fingerprint density at radius 3 is 2.69 bits per heavy atom. The van der Waals surface area contributed by atoms with Crippen molar-refractivity contribution in [1.82, 2.24) is 0 Å². The van der Waals surface area contributed by atoms with Crippen LogP contribution in [0.15, 0.2) is 18.2 Å². The number of amides is 1. The molecule has 1 aromatic carbocycles. The lowest BCUT2D eigenvalue weighted by Crippen LogP contribution is -2.10. The molecule has 1 aromatic rings. The number of nitrogens with one attached hydrogen (secondary N) is 1. The highest BCUT2D eigenvalue weighted by Gasteiger charge is 2.11. The Balaban J connectivity index is 2.92. The van der Waals surface area contributed by atoms with E-state index in [4.69, 9.17) is 10.4 Å². The van der Waals surface area contributed by atoms with Crippen LogP contribution in [-0.2, 0) is 4.79 Å². The molecule has 0 saturated carbocycles. The lowest BCUT2D eigenvalue weighted by molar-refractivity contribution is -0.115. The highest BCUT2D eigenvalue weighted by atomic mass is 16.4. The molecule has 3 N–H and O–H groups in total. The predicted octanol–water partition coefficient (Wildman–Crippen LogP) is 0.943. The first-order chi connectivity index (χ1) is 7.54. The number of carbonyl (C=O) groups is 2. The molecular formula is C10H8N2O4. The Morgan fingerprint density at radius 1 is 1.44 bits per heavy atom. The van der Waals surface area contributed by atoms with E-state index in [1.54, 1.807) is 6.07 Å². The Labute approximate surface area is 90.7 Å². The first kappa shape index (κ1) is 11.5. The summed E-state index contributed by atoms with van der Waals surface area (Å²) in [5.74, 6) is -2.22. The molecule has 0 saturated heterocycles. The van der Waals surface area contributed by atoms with Crippen molar-refractivity contribution < 1.29 is 19.8 Å². The Morgan fingerprint density at radius 2 is 2.12 bits per heavy atom. The summed E-state index contributed by atoms with van der Waals surface area (Å²) in [6.45, 7) is 0. The molecule has 1 amide bonds. The van der Waals surface area contributed by atoms with E-state index in [2.05, 4.69) is 5.32 Å². The highest BCUT2D eigenvalue weighted by Crippen LogP contribution is 2.21. The number of aromatic carboxylic acids is 1. The summed E-state index contributed by atoms with van der Waals surface area (Å²) >= 11 is 0. The van der Waals surface area contributed by atoms with Gasteiger partial charge < -0.3 is 15.5 Å². The SMILES string of the molecule is N#CCC(=O)Nc1ccc(O)c(C(=O)O)c1. The number of phenols is 1. The lowest BCUT2D eigenvalue weighted by atomic mass is 10.2. The number of nitriles is 1. The molecule has 0 aliphatic carbocycles. The largest absolute Gasteiger partial charge is 0.507 e. The molecule has 0 fully saturated rings. The number of carboxylic acids is 1. The van der Waals surface area contributed by atoms with Crippen LogP contribution in [0.4, 0.5) is 5.69 Å². The third-order valence-corrected chi connectivity index (χ3v) is 1.75. The highest BCUT2D eigenvalue weighted by molar-refractivity contribution is 5.96. The number of carbonyl (C=O) groups excluding carboxylic acids is 1. The molecule has 0 heterocycles. The van der Waals surface area contributed by atoms with Crippen LogP contribution in [0.3, 0.4) is 0 Å². The first-order valence-corrected chi connectivity index (χ1v) is 4.27. The zero-order valence-corrected chi connectivity index (χ0v) is 8.10. The summed E-state index contributed by atoms with van der Waals surface area (Å²) in [5.41, 5.74) is -0.0924. The second-order valence-electron chi connectivity index (χ2n) is 2.92. The van der Waals surface area contributed by atoms with Gasteiger partial charge in [-0.3, -0.25) is 4.79 Å². The molecular weight excluding hydrogens is 212 g/mol. The Hall–Kier alpha value is -2.55. The van der Waals surface area contributed by atoms with Gasteiger partial charge >= 0.3 is 5.97 Å². The maximum absolute atomic E-state index is 11.0. The molecule has 6 heteroatoms. The van der Waals surface area contributed by atoms with E-state index in [0.717, 1.165) is 12.1 Å². The minimum absolute atomic E-state index is 0.218. The second kappa shape index (κ2) is 4.79. The number of benzene rings is 1. The average molecular weight is 220 g/mol. The fourth-order valence-corrected chi connectivity index (χ4v) is 1.06. The first-order valence-electron chi connectivity index (χ1n) is 4.27. The van der Waals surface area contributed by atoms with E-state index in [9.17, 15) is 14.7 Å².